The fraction of sp³-hybridized carbons (Fsp3) is 0.667. The van der Waals surface area contributed by atoms with E-state index in [1.54, 1.807) is 0 Å². The summed E-state index contributed by atoms with van der Waals surface area (Å²) in [5.74, 6) is -1.31. The van der Waals surface area contributed by atoms with Crippen LogP contribution in [0.5, 0.6) is 5.75 Å². The minimum Gasteiger partial charge on any atom is -0.507 e. The van der Waals surface area contributed by atoms with Gasteiger partial charge in [0.2, 0.25) is 0 Å². The van der Waals surface area contributed by atoms with E-state index < -0.39 is 11.9 Å². The van der Waals surface area contributed by atoms with Crippen LogP contribution in [0.3, 0.4) is 0 Å². The van der Waals surface area contributed by atoms with Gasteiger partial charge in [0.25, 0.3) is 0 Å². The molecule has 0 saturated heterocycles. The molecule has 0 aliphatic heterocycles. The maximum atomic E-state index is 12.1. The second-order valence-corrected chi connectivity index (χ2v) is 7.54. The second-order valence-electron chi connectivity index (χ2n) is 7.54. The van der Waals surface area contributed by atoms with Crippen molar-refractivity contribution in [1.82, 2.24) is 0 Å². The van der Waals surface area contributed by atoms with Crippen molar-refractivity contribution in [2.24, 2.45) is 0 Å². The molecule has 0 aromatic heterocycles. The monoisotopic (exact) mass is 406 g/mol. The Balaban J connectivity index is 2.32. The van der Waals surface area contributed by atoms with Gasteiger partial charge in [-0.3, -0.25) is 0 Å². The lowest BCUT2D eigenvalue weighted by molar-refractivity contribution is 0.0480. The van der Waals surface area contributed by atoms with Crippen molar-refractivity contribution in [2.45, 2.75) is 90.9 Å². The van der Waals surface area contributed by atoms with Crippen LogP contribution in [0.2, 0.25) is 0 Å². The minimum atomic E-state index is -0.567. The van der Waals surface area contributed by atoms with Crippen LogP contribution < -0.4 is 0 Å². The fourth-order valence-electron chi connectivity index (χ4n) is 3.09. The van der Waals surface area contributed by atoms with E-state index in [0.29, 0.717) is 13.2 Å². The van der Waals surface area contributed by atoms with E-state index in [9.17, 15) is 14.7 Å². The zero-order chi connectivity index (χ0) is 21.3. The van der Waals surface area contributed by atoms with Crippen molar-refractivity contribution >= 4 is 11.9 Å². The molecule has 0 amide bonds. The number of aromatic hydroxyl groups is 1. The zero-order valence-electron chi connectivity index (χ0n) is 18.2. The molecule has 0 unspecified atom stereocenters. The normalized spacial score (nSPS) is 10.7. The third-order valence-electron chi connectivity index (χ3n) is 4.92. The standard InChI is InChI=1S/C24H38O5/c1-3-5-7-9-11-13-17-28-23(26)20-15-16-21(22(25)19-20)24(27)29-18-14-12-10-8-6-4-2/h15-16,19,25H,3-14,17-18H2,1-2H3. The average molecular weight is 407 g/mol. The number of ether oxygens (including phenoxy) is 2. The van der Waals surface area contributed by atoms with Crippen molar-refractivity contribution in [3.05, 3.63) is 29.3 Å². The number of carbonyl (C=O) groups is 2. The smallest absolute Gasteiger partial charge is 0.341 e. The van der Waals surface area contributed by atoms with Crippen LogP contribution in [0, 0.1) is 0 Å². The van der Waals surface area contributed by atoms with Crippen LogP contribution in [0.1, 0.15) is 112 Å². The number of benzene rings is 1. The predicted octanol–water partition coefficient (Wildman–Crippen LogP) is 6.43. The van der Waals surface area contributed by atoms with Crippen LogP contribution in [-0.2, 0) is 9.47 Å². The zero-order valence-corrected chi connectivity index (χ0v) is 18.2. The van der Waals surface area contributed by atoms with Crippen LogP contribution in [0.4, 0.5) is 0 Å². The molecule has 0 heterocycles. The highest BCUT2D eigenvalue weighted by atomic mass is 16.5. The Morgan fingerprint density at radius 1 is 0.724 bits per heavy atom. The molecule has 0 aliphatic rings. The molecule has 0 fully saturated rings. The maximum absolute atomic E-state index is 12.1. The summed E-state index contributed by atoms with van der Waals surface area (Å²) in [4.78, 5) is 24.2. The molecule has 1 aromatic carbocycles. The molecule has 0 saturated carbocycles. The van der Waals surface area contributed by atoms with Gasteiger partial charge in [0.15, 0.2) is 0 Å². The van der Waals surface area contributed by atoms with Gasteiger partial charge in [0, 0.05) is 0 Å². The molecule has 164 valence electrons. The highest BCUT2D eigenvalue weighted by Gasteiger charge is 2.16. The summed E-state index contributed by atoms with van der Waals surface area (Å²) in [6.45, 7) is 5.06. The summed E-state index contributed by atoms with van der Waals surface area (Å²) >= 11 is 0. The molecular formula is C24H38O5. The van der Waals surface area contributed by atoms with Gasteiger partial charge in [-0.15, -0.1) is 0 Å². The molecule has 0 atom stereocenters. The second kappa shape index (κ2) is 15.8. The van der Waals surface area contributed by atoms with Crippen LogP contribution in [0.25, 0.3) is 0 Å². The third kappa shape index (κ3) is 10.9. The summed E-state index contributed by atoms with van der Waals surface area (Å²) in [5, 5.41) is 10.1. The Hall–Kier alpha value is -2.04. The molecular weight excluding hydrogens is 368 g/mol. The number of carbonyl (C=O) groups excluding carboxylic acids is 2. The van der Waals surface area contributed by atoms with Crippen molar-refractivity contribution in [3.8, 4) is 5.75 Å². The lowest BCUT2D eigenvalue weighted by Gasteiger charge is -2.09. The van der Waals surface area contributed by atoms with Crippen molar-refractivity contribution in [2.75, 3.05) is 13.2 Å². The number of esters is 2. The Kier molecular flexibility index (Phi) is 13.6. The summed E-state index contributed by atoms with van der Waals surface area (Å²) in [6, 6.07) is 4.18. The molecule has 0 bridgehead atoms. The SMILES string of the molecule is CCCCCCCCOC(=O)c1ccc(C(=O)OCCCCCCCC)c(O)c1. The molecule has 5 nitrogen and oxygen atoms in total. The lowest BCUT2D eigenvalue weighted by atomic mass is 10.1. The van der Waals surface area contributed by atoms with E-state index in [-0.39, 0.29) is 16.9 Å². The van der Waals surface area contributed by atoms with Crippen LogP contribution >= 0.6 is 0 Å². The first kappa shape index (κ1) is 25.0. The molecule has 1 N–H and O–H groups in total. The maximum Gasteiger partial charge on any atom is 0.341 e. The van der Waals surface area contributed by atoms with Gasteiger partial charge in [-0.25, -0.2) is 9.59 Å². The minimum absolute atomic E-state index is 0.0726. The van der Waals surface area contributed by atoms with E-state index in [4.69, 9.17) is 9.47 Å². The van der Waals surface area contributed by atoms with E-state index in [2.05, 4.69) is 13.8 Å². The molecule has 0 radical (unpaired) electrons. The van der Waals surface area contributed by atoms with Crippen molar-refractivity contribution in [1.29, 1.82) is 0 Å². The fourth-order valence-corrected chi connectivity index (χ4v) is 3.09. The molecule has 1 aromatic rings. The Morgan fingerprint density at radius 3 is 1.72 bits per heavy atom. The first-order chi connectivity index (χ1) is 14.1. The van der Waals surface area contributed by atoms with Gasteiger partial charge in [-0.05, 0) is 31.0 Å². The lowest BCUT2D eigenvalue weighted by Crippen LogP contribution is -2.09. The number of hydrogen-bond acceptors (Lipinski definition) is 5. The van der Waals surface area contributed by atoms with E-state index in [1.165, 1.54) is 56.7 Å². The van der Waals surface area contributed by atoms with E-state index in [0.717, 1.165) is 38.5 Å². The first-order valence-electron chi connectivity index (χ1n) is 11.3. The Labute approximate surface area is 175 Å². The topological polar surface area (TPSA) is 72.8 Å². The quantitative estimate of drug-likeness (QED) is 0.253. The van der Waals surface area contributed by atoms with Crippen LogP contribution in [0.15, 0.2) is 18.2 Å². The third-order valence-corrected chi connectivity index (χ3v) is 4.92. The predicted molar refractivity (Wildman–Crippen MR) is 115 cm³/mol. The van der Waals surface area contributed by atoms with E-state index in [1.807, 2.05) is 0 Å². The van der Waals surface area contributed by atoms with Crippen molar-refractivity contribution in [3.63, 3.8) is 0 Å². The van der Waals surface area contributed by atoms with Gasteiger partial charge < -0.3 is 14.6 Å². The van der Waals surface area contributed by atoms with Gasteiger partial charge in [0.1, 0.15) is 11.3 Å². The number of unbranched alkanes of at least 4 members (excludes halogenated alkanes) is 10. The highest BCUT2D eigenvalue weighted by Crippen LogP contribution is 2.21. The summed E-state index contributed by atoms with van der Waals surface area (Å²) in [5.41, 5.74) is 0.310. The van der Waals surface area contributed by atoms with Gasteiger partial charge in [-0.1, -0.05) is 78.1 Å². The number of hydrogen-bond donors (Lipinski definition) is 1. The largest absolute Gasteiger partial charge is 0.507 e. The molecule has 0 spiro atoms. The van der Waals surface area contributed by atoms with Crippen molar-refractivity contribution < 1.29 is 24.2 Å². The Bertz CT molecular complexity index is 597. The number of rotatable bonds is 16. The summed E-state index contributed by atoms with van der Waals surface area (Å²) in [7, 11) is 0. The molecule has 29 heavy (non-hydrogen) atoms. The highest BCUT2D eigenvalue weighted by molar-refractivity contribution is 5.95. The van der Waals surface area contributed by atoms with Crippen LogP contribution in [-0.4, -0.2) is 30.3 Å². The molecule has 0 aliphatic carbocycles. The Morgan fingerprint density at radius 2 is 1.21 bits per heavy atom. The molecule has 1 rings (SSSR count). The van der Waals surface area contributed by atoms with Gasteiger partial charge in [-0.2, -0.15) is 0 Å². The van der Waals surface area contributed by atoms with E-state index >= 15 is 0 Å². The summed E-state index contributed by atoms with van der Waals surface area (Å²) < 4.78 is 10.5. The number of phenolic OH excluding ortho intramolecular Hbond substituents is 1. The molecule has 5 heteroatoms. The average Bonchev–Trinajstić information content (AvgIpc) is 2.72. The number of phenols is 1. The van der Waals surface area contributed by atoms with Gasteiger partial charge >= 0.3 is 11.9 Å². The van der Waals surface area contributed by atoms with Gasteiger partial charge in [0.05, 0.1) is 18.8 Å². The first-order valence-corrected chi connectivity index (χ1v) is 11.3. The summed E-state index contributed by atoms with van der Waals surface area (Å²) in [6.07, 6.45) is 13.4.